The lowest BCUT2D eigenvalue weighted by atomic mass is 9.97. The summed E-state index contributed by atoms with van der Waals surface area (Å²) < 4.78 is 24.0. The SMILES string of the molecule is CCNC(c1cscc1Br)C(C)(C)S(C)(=O)=O. The second-order valence-corrected chi connectivity index (χ2v) is 8.74. The third-order valence-corrected chi connectivity index (χ3v) is 6.91. The van der Waals surface area contributed by atoms with Gasteiger partial charge in [-0.3, -0.25) is 0 Å². The first-order valence-electron chi connectivity index (χ1n) is 5.36. The normalized spacial score (nSPS) is 14.9. The molecule has 0 saturated heterocycles. The first-order chi connectivity index (χ1) is 7.71. The summed E-state index contributed by atoms with van der Waals surface area (Å²) in [5.74, 6) is 0. The fourth-order valence-corrected chi connectivity index (χ4v) is 3.84. The van der Waals surface area contributed by atoms with E-state index in [1.165, 1.54) is 6.26 Å². The molecule has 1 unspecified atom stereocenters. The Labute approximate surface area is 116 Å². The molecule has 6 heteroatoms. The molecule has 0 amide bonds. The van der Waals surface area contributed by atoms with Crippen molar-refractivity contribution in [2.24, 2.45) is 0 Å². The summed E-state index contributed by atoms with van der Waals surface area (Å²) in [6.45, 7) is 6.23. The molecule has 0 aliphatic heterocycles. The quantitative estimate of drug-likeness (QED) is 0.896. The van der Waals surface area contributed by atoms with Crippen LogP contribution in [0.4, 0.5) is 0 Å². The highest BCUT2D eigenvalue weighted by Crippen LogP contribution is 2.37. The van der Waals surface area contributed by atoms with Crippen molar-refractivity contribution in [2.75, 3.05) is 12.8 Å². The maximum absolute atomic E-state index is 11.9. The lowest BCUT2D eigenvalue weighted by molar-refractivity contribution is 0.428. The van der Waals surface area contributed by atoms with Gasteiger partial charge in [-0.25, -0.2) is 8.42 Å². The molecule has 1 aromatic rings. The molecule has 0 saturated carbocycles. The van der Waals surface area contributed by atoms with Crippen molar-refractivity contribution in [1.29, 1.82) is 0 Å². The Hall–Kier alpha value is 0.0900. The van der Waals surface area contributed by atoms with E-state index < -0.39 is 14.6 Å². The van der Waals surface area contributed by atoms with Crippen molar-refractivity contribution < 1.29 is 8.42 Å². The lowest BCUT2D eigenvalue weighted by Gasteiger charge is -2.33. The molecule has 0 aliphatic carbocycles. The van der Waals surface area contributed by atoms with Gasteiger partial charge in [0.1, 0.15) is 0 Å². The Bertz CT molecular complexity index is 479. The molecular weight excluding hydrogens is 322 g/mol. The molecule has 0 aliphatic rings. The van der Waals surface area contributed by atoms with Crippen LogP contribution in [0.25, 0.3) is 0 Å². The molecular formula is C11H18BrNO2S2. The molecule has 0 fully saturated rings. The van der Waals surface area contributed by atoms with Gasteiger partial charge in [0.15, 0.2) is 9.84 Å². The molecule has 1 heterocycles. The van der Waals surface area contributed by atoms with Crippen LogP contribution in [0.2, 0.25) is 0 Å². The monoisotopic (exact) mass is 339 g/mol. The Morgan fingerprint density at radius 3 is 2.41 bits per heavy atom. The van der Waals surface area contributed by atoms with E-state index in [4.69, 9.17) is 0 Å². The predicted molar refractivity (Wildman–Crippen MR) is 77.4 cm³/mol. The summed E-state index contributed by atoms with van der Waals surface area (Å²) >= 11 is 5.04. The van der Waals surface area contributed by atoms with Gasteiger partial charge in [-0.1, -0.05) is 6.92 Å². The van der Waals surface area contributed by atoms with Gasteiger partial charge in [0, 0.05) is 16.1 Å². The van der Waals surface area contributed by atoms with E-state index in [1.54, 1.807) is 25.2 Å². The molecule has 1 aromatic heterocycles. The van der Waals surface area contributed by atoms with Gasteiger partial charge in [0.05, 0.1) is 10.8 Å². The molecule has 1 atom stereocenters. The number of thiophene rings is 1. The zero-order chi connectivity index (χ0) is 13.3. The number of halogens is 1. The van der Waals surface area contributed by atoms with Crippen LogP contribution in [0.3, 0.4) is 0 Å². The van der Waals surface area contributed by atoms with Crippen LogP contribution in [0, 0.1) is 0 Å². The highest BCUT2D eigenvalue weighted by atomic mass is 79.9. The van der Waals surface area contributed by atoms with Crippen LogP contribution in [-0.4, -0.2) is 26.0 Å². The third kappa shape index (κ3) is 3.10. The highest BCUT2D eigenvalue weighted by molar-refractivity contribution is 9.10. The number of rotatable bonds is 5. The van der Waals surface area contributed by atoms with Crippen molar-refractivity contribution in [1.82, 2.24) is 5.32 Å². The zero-order valence-electron chi connectivity index (χ0n) is 10.5. The number of nitrogens with one attached hydrogen (secondary N) is 1. The van der Waals surface area contributed by atoms with E-state index in [2.05, 4.69) is 21.2 Å². The summed E-state index contributed by atoms with van der Waals surface area (Å²) in [6, 6.07) is -0.205. The van der Waals surface area contributed by atoms with Gasteiger partial charge in [0.2, 0.25) is 0 Å². The fourth-order valence-electron chi connectivity index (χ4n) is 1.65. The van der Waals surface area contributed by atoms with E-state index in [-0.39, 0.29) is 6.04 Å². The molecule has 1 rings (SSSR count). The maximum atomic E-state index is 11.9. The molecule has 0 spiro atoms. The number of hydrogen-bond acceptors (Lipinski definition) is 4. The van der Waals surface area contributed by atoms with Crippen LogP contribution >= 0.6 is 27.3 Å². The summed E-state index contributed by atoms with van der Waals surface area (Å²) in [5.41, 5.74) is 1.01. The minimum absolute atomic E-state index is 0.205. The first kappa shape index (κ1) is 15.1. The Morgan fingerprint density at radius 1 is 1.47 bits per heavy atom. The van der Waals surface area contributed by atoms with Gasteiger partial charge in [-0.15, -0.1) is 0 Å². The first-order valence-corrected chi connectivity index (χ1v) is 8.99. The predicted octanol–water partition coefficient (Wildman–Crippen LogP) is 2.98. The average Bonchev–Trinajstić information content (AvgIpc) is 2.58. The van der Waals surface area contributed by atoms with Crippen LogP contribution < -0.4 is 5.32 Å². The smallest absolute Gasteiger partial charge is 0.154 e. The summed E-state index contributed by atoms with van der Waals surface area (Å²) in [7, 11) is -3.15. The van der Waals surface area contributed by atoms with E-state index in [0.717, 1.165) is 16.6 Å². The van der Waals surface area contributed by atoms with Crippen molar-refractivity contribution in [3.8, 4) is 0 Å². The number of hydrogen-bond donors (Lipinski definition) is 1. The zero-order valence-corrected chi connectivity index (χ0v) is 13.7. The van der Waals surface area contributed by atoms with Gasteiger partial charge >= 0.3 is 0 Å². The van der Waals surface area contributed by atoms with Crippen LogP contribution in [0.1, 0.15) is 32.4 Å². The van der Waals surface area contributed by atoms with Gasteiger partial charge in [-0.05, 0) is 47.3 Å². The Balaban J connectivity index is 3.24. The fraction of sp³-hybridized carbons (Fsp3) is 0.636. The largest absolute Gasteiger partial charge is 0.309 e. The standard InChI is InChI=1S/C11H18BrNO2S2/c1-5-13-10(8-6-16-7-9(8)12)11(2,3)17(4,14)15/h6-7,10,13H,5H2,1-4H3. The Morgan fingerprint density at radius 2 is 2.06 bits per heavy atom. The van der Waals surface area contributed by atoms with E-state index in [9.17, 15) is 8.42 Å². The second kappa shape index (κ2) is 5.38. The second-order valence-electron chi connectivity index (χ2n) is 4.54. The summed E-state index contributed by atoms with van der Waals surface area (Å²) in [4.78, 5) is 0. The van der Waals surface area contributed by atoms with Gasteiger partial charge in [0.25, 0.3) is 0 Å². The Kier molecular flexibility index (Phi) is 4.80. The molecule has 0 radical (unpaired) electrons. The van der Waals surface area contributed by atoms with E-state index >= 15 is 0 Å². The van der Waals surface area contributed by atoms with Crippen molar-refractivity contribution in [3.63, 3.8) is 0 Å². The third-order valence-electron chi connectivity index (χ3n) is 3.01. The highest BCUT2D eigenvalue weighted by Gasteiger charge is 2.40. The molecule has 17 heavy (non-hydrogen) atoms. The molecule has 1 N–H and O–H groups in total. The van der Waals surface area contributed by atoms with Crippen molar-refractivity contribution in [3.05, 3.63) is 20.8 Å². The average molecular weight is 340 g/mol. The number of sulfone groups is 1. The summed E-state index contributed by atoms with van der Waals surface area (Å²) in [6.07, 6.45) is 1.29. The minimum Gasteiger partial charge on any atom is -0.309 e. The maximum Gasteiger partial charge on any atom is 0.154 e. The topological polar surface area (TPSA) is 46.2 Å². The lowest BCUT2D eigenvalue weighted by Crippen LogP contribution is -2.44. The minimum atomic E-state index is -3.15. The molecule has 0 aromatic carbocycles. The molecule has 3 nitrogen and oxygen atoms in total. The van der Waals surface area contributed by atoms with Crippen molar-refractivity contribution in [2.45, 2.75) is 31.6 Å². The van der Waals surface area contributed by atoms with Gasteiger partial charge in [-0.2, -0.15) is 11.3 Å². The summed E-state index contributed by atoms with van der Waals surface area (Å²) in [5, 5.41) is 7.23. The van der Waals surface area contributed by atoms with Gasteiger partial charge < -0.3 is 5.32 Å². The molecule has 0 bridgehead atoms. The van der Waals surface area contributed by atoms with Crippen LogP contribution in [0.5, 0.6) is 0 Å². The van der Waals surface area contributed by atoms with Crippen molar-refractivity contribution >= 4 is 37.1 Å². The van der Waals surface area contributed by atoms with E-state index in [1.807, 2.05) is 17.7 Å². The van der Waals surface area contributed by atoms with Crippen LogP contribution in [0.15, 0.2) is 15.2 Å². The van der Waals surface area contributed by atoms with Crippen LogP contribution in [-0.2, 0) is 9.84 Å². The van der Waals surface area contributed by atoms with E-state index in [0.29, 0.717) is 0 Å². The molecule has 98 valence electrons.